The van der Waals surface area contributed by atoms with Gasteiger partial charge in [0.25, 0.3) is 0 Å². The van der Waals surface area contributed by atoms with Crippen LogP contribution in [0, 0.1) is 0 Å². The van der Waals surface area contributed by atoms with Gasteiger partial charge in [-0.05, 0) is 19.3 Å². The first kappa shape index (κ1) is 13.1. The third-order valence-corrected chi connectivity index (χ3v) is 4.24. The Hall–Kier alpha value is -0.910. The lowest BCUT2D eigenvalue weighted by molar-refractivity contribution is 0.109. The van der Waals surface area contributed by atoms with Crippen molar-refractivity contribution >= 4 is 17.4 Å². The SMILES string of the molecule is O[C@@H]1CCCC[C@H]1Nc1nnc(Cl)c2c1CCOC2. The van der Waals surface area contributed by atoms with Crippen molar-refractivity contribution < 1.29 is 9.84 Å². The number of hydrogen-bond acceptors (Lipinski definition) is 5. The first-order valence-electron chi connectivity index (χ1n) is 6.82. The maximum absolute atomic E-state index is 10.0. The van der Waals surface area contributed by atoms with E-state index in [1.165, 1.54) is 0 Å². The van der Waals surface area contributed by atoms with Crippen molar-refractivity contribution in [3.63, 3.8) is 0 Å². The molecule has 3 rings (SSSR count). The average molecular weight is 284 g/mol. The molecule has 104 valence electrons. The highest BCUT2D eigenvalue weighted by Crippen LogP contribution is 2.29. The van der Waals surface area contributed by atoms with E-state index in [0.717, 1.165) is 49.0 Å². The van der Waals surface area contributed by atoms with E-state index in [1.807, 2.05) is 0 Å². The Balaban J connectivity index is 1.84. The smallest absolute Gasteiger partial charge is 0.157 e. The van der Waals surface area contributed by atoms with Gasteiger partial charge in [-0.15, -0.1) is 10.2 Å². The van der Waals surface area contributed by atoms with Crippen LogP contribution in [0.15, 0.2) is 0 Å². The van der Waals surface area contributed by atoms with Gasteiger partial charge in [0.15, 0.2) is 11.0 Å². The van der Waals surface area contributed by atoms with Crippen molar-refractivity contribution in [2.24, 2.45) is 0 Å². The number of hydrogen-bond donors (Lipinski definition) is 2. The molecule has 5 nitrogen and oxygen atoms in total. The van der Waals surface area contributed by atoms with Crippen molar-refractivity contribution in [2.45, 2.75) is 50.9 Å². The molecule has 0 saturated heterocycles. The van der Waals surface area contributed by atoms with Crippen LogP contribution >= 0.6 is 11.6 Å². The van der Waals surface area contributed by atoms with E-state index in [-0.39, 0.29) is 12.1 Å². The van der Waals surface area contributed by atoms with Gasteiger partial charge in [0.05, 0.1) is 25.4 Å². The molecule has 0 radical (unpaired) electrons. The van der Waals surface area contributed by atoms with Crippen LogP contribution in [0.2, 0.25) is 5.15 Å². The van der Waals surface area contributed by atoms with E-state index in [4.69, 9.17) is 16.3 Å². The Kier molecular flexibility index (Phi) is 3.86. The van der Waals surface area contributed by atoms with Crippen LogP contribution in [0.4, 0.5) is 5.82 Å². The first-order valence-corrected chi connectivity index (χ1v) is 7.20. The van der Waals surface area contributed by atoms with Gasteiger partial charge in [-0.2, -0.15) is 0 Å². The Bertz CT molecular complexity index is 469. The third-order valence-electron chi connectivity index (χ3n) is 3.93. The minimum Gasteiger partial charge on any atom is -0.391 e. The summed E-state index contributed by atoms with van der Waals surface area (Å²) in [5.74, 6) is 0.758. The highest BCUT2D eigenvalue weighted by Gasteiger charge is 2.26. The number of ether oxygens (including phenoxy) is 1. The minimum absolute atomic E-state index is 0.0659. The highest BCUT2D eigenvalue weighted by atomic mass is 35.5. The van der Waals surface area contributed by atoms with Crippen LogP contribution in [0.25, 0.3) is 0 Å². The summed E-state index contributed by atoms with van der Waals surface area (Å²) in [5, 5.41) is 21.9. The predicted octanol–water partition coefficient (Wildman–Crippen LogP) is 1.92. The van der Waals surface area contributed by atoms with Crippen LogP contribution in [-0.2, 0) is 17.8 Å². The summed E-state index contributed by atoms with van der Waals surface area (Å²) in [6.07, 6.45) is 4.54. The van der Waals surface area contributed by atoms with Gasteiger partial charge >= 0.3 is 0 Å². The topological polar surface area (TPSA) is 67.3 Å². The Morgan fingerprint density at radius 2 is 2.05 bits per heavy atom. The molecule has 1 aromatic rings. The maximum Gasteiger partial charge on any atom is 0.157 e. The summed E-state index contributed by atoms with van der Waals surface area (Å²) in [5.41, 5.74) is 2.01. The number of anilines is 1. The van der Waals surface area contributed by atoms with Crippen molar-refractivity contribution in [1.82, 2.24) is 10.2 Å². The fourth-order valence-corrected chi connectivity index (χ4v) is 3.02. The molecule has 0 amide bonds. The van der Waals surface area contributed by atoms with Gasteiger partial charge in [0.1, 0.15) is 0 Å². The van der Waals surface area contributed by atoms with E-state index in [9.17, 15) is 5.11 Å². The first-order chi connectivity index (χ1) is 9.25. The van der Waals surface area contributed by atoms with Crippen LogP contribution < -0.4 is 5.32 Å². The second-order valence-corrected chi connectivity index (χ2v) is 5.56. The molecular weight excluding hydrogens is 266 g/mol. The maximum atomic E-state index is 10.0. The summed E-state index contributed by atoms with van der Waals surface area (Å²) in [6, 6.07) is 0.0659. The molecule has 0 bridgehead atoms. The fraction of sp³-hybridized carbons (Fsp3) is 0.692. The van der Waals surface area contributed by atoms with Crippen molar-refractivity contribution in [3.8, 4) is 0 Å². The number of rotatable bonds is 2. The number of aliphatic hydroxyl groups is 1. The van der Waals surface area contributed by atoms with Gasteiger partial charge in [0, 0.05) is 11.1 Å². The summed E-state index contributed by atoms with van der Waals surface area (Å²) in [6.45, 7) is 1.17. The molecule has 0 spiro atoms. The number of fused-ring (bicyclic) bond motifs is 1. The summed E-state index contributed by atoms with van der Waals surface area (Å²) < 4.78 is 5.41. The number of nitrogens with zero attached hydrogens (tertiary/aromatic N) is 2. The molecule has 1 saturated carbocycles. The molecule has 0 aromatic carbocycles. The largest absolute Gasteiger partial charge is 0.391 e. The molecule has 19 heavy (non-hydrogen) atoms. The third kappa shape index (κ3) is 2.68. The molecule has 0 unspecified atom stereocenters. The number of aromatic nitrogens is 2. The van der Waals surface area contributed by atoms with E-state index in [1.54, 1.807) is 0 Å². The van der Waals surface area contributed by atoms with Crippen LogP contribution in [0.5, 0.6) is 0 Å². The van der Waals surface area contributed by atoms with Crippen molar-refractivity contribution in [1.29, 1.82) is 0 Å². The normalized spacial score (nSPS) is 26.8. The number of halogens is 1. The minimum atomic E-state index is -0.304. The predicted molar refractivity (Wildman–Crippen MR) is 72.3 cm³/mol. The van der Waals surface area contributed by atoms with Crippen LogP contribution in [-0.4, -0.2) is 34.1 Å². The highest BCUT2D eigenvalue weighted by molar-refractivity contribution is 6.30. The molecule has 2 aliphatic rings. The number of nitrogens with one attached hydrogen (secondary N) is 1. The lowest BCUT2D eigenvalue weighted by Gasteiger charge is -2.30. The molecule has 2 heterocycles. The van der Waals surface area contributed by atoms with E-state index >= 15 is 0 Å². The summed E-state index contributed by atoms with van der Waals surface area (Å²) in [4.78, 5) is 0. The lowest BCUT2D eigenvalue weighted by Crippen LogP contribution is -2.37. The second kappa shape index (κ2) is 5.61. The zero-order valence-electron chi connectivity index (χ0n) is 10.7. The van der Waals surface area contributed by atoms with Crippen LogP contribution in [0.1, 0.15) is 36.8 Å². The molecule has 1 fully saturated rings. The summed E-state index contributed by atoms with van der Waals surface area (Å²) in [7, 11) is 0. The average Bonchev–Trinajstić information content (AvgIpc) is 2.44. The standard InChI is InChI=1S/C13H18ClN3O2/c14-12-9-7-19-6-5-8(9)13(17-16-12)15-10-3-1-2-4-11(10)18/h10-11,18H,1-7H2,(H,15,17)/t10-,11-/m1/s1. The molecule has 2 atom stereocenters. The molecular formula is C13H18ClN3O2. The van der Waals surface area contributed by atoms with Crippen molar-refractivity contribution in [3.05, 3.63) is 16.3 Å². The Morgan fingerprint density at radius 1 is 1.21 bits per heavy atom. The summed E-state index contributed by atoms with van der Waals surface area (Å²) >= 11 is 6.05. The van der Waals surface area contributed by atoms with E-state index < -0.39 is 0 Å². The zero-order chi connectivity index (χ0) is 13.2. The van der Waals surface area contributed by atoms with Gasteiger partial charge < -0.3 is 15.2 Å². The fourth-order valence-electron chi connectivity index (χ4n) is 2.82. The number of aliphatic hydroxyl groups excluding tert-OH is 1. The lowest BCUT2D eigenvalue weighted by atomic mass is 9.92. The van der Waals surface area contributed by atoms with Gasteiger partial charge in [-0.25, -0.2) is 0 Å². The Labute approximate surface area is 117 Å². The Morgan fingerprint density at radius 3 is 2.89 bits per heavy atom. The van der Waals surface area contributed by atoms with E-state index in [2.05, 4.69) is 15.5 Å². The zero-order valence-corrected chi connectivity index (χ0v) is 11.5. The van der Waals surface area contributed by atoms with Crippen molar-refractivity contribution in [2.75, 3.05) is 11.9 Å². The molecule has 2 N–H and O–H groups in total. The monoisotopic (exact) mass is 283 g/mol. The van der Waals surface area contributed by atoms with Crippen LogP contribution in [0.3, 0.4) is 0 Å². The quantitative estimate of drug-likeness (QED) is 0.868. The molecule has 1 aliphatic heterocycles. The molecule has 6 heteroatoms. The van der Waals surface area contributed by atoms with Gasteiger partial charge in [-0.3, -0.25) is 0 Å². The van der Waals surface area contributed by atoms with E-state index in [0.29, 0.717) is 18.4 Å². The molecule has 1 aromatic heterocycles. The molecule has 1 aliphatic carbocycles. The second-order valence-electron chi connectivity index (χ2n) is 5.20. The van der Waals surface area contributed by atoms with Gasteiger partial charge in [0.2, 0.25) is 0 Å². The van der Waals surface area contributed by atoms with Gasteiger partial charge in [-0.1, -0.05) is 24.4 Å².